The van der Waals surface area contributed by atoms with Gasteiger partial charge < -0.3 is 0 Å². The second-order valence-electron chi connectivity index (χ2n) is 20.1. The molecule has 0 unspecified atom stereocenters. The van der Waals surface area contributed by atoms with Crippen LogP contribution < -0.4 is 4.74 Å². The molecule has 5 nitrogen and oxygen atoms in total. The standard InChI is InChI=1S/C60H52N4O.Pt/c1-58(2,3)42-33-47(40-19-10-8-11-20-40)57(48(34-42)41-21-12-9-13-22-41)63-39-62(52-25-14-15-26-53(52)63)43-23-18-24-44(35-43)65-45-28-29-46-49-37-50-51(60(6,7)31-30-59(50,4)5)38-55(49)64(54(46)36-45)56-27-16-17-32-61-56;/h8-29,32-34,37-38H,30-31H2,1-7H3;/q-2;. The van der Waals surface area contributed by atoms with Gasteiger partial charge in [-0.15, -0.1) is 0 Å². The van der Waals surface area contributed by atoms with Gasteiger partial charge in [0, 0.05) is 6.20 Å². The number of nitrogens with zero attached hydrogens (tertiary/aromatic N) is 4. The number of pyridine rings is 1. The van der Waals surface area contributed by atoms with Crippen molar-refractivity contribution in [2.24, 2.45) is 0 Å². The third-order valence-corrected chi connectivity index (χ3v) is 14.8. The van der Waals surface area contributed by atoms with E-state index >= 15 is 0 Å². The predicted octanol–water partition coefficient (Wildman–Crippen LogP) is 15.4. The Morgan fingerprint density at radius 2 is 1.15 bits per heavy atom. The van der Waals surface area contributed by atoms with Crippen molar-refractivity contribution in [1.82, 2.24) is 18.7 Å². The Morgan fingerprint density at radius 3 is 1.77 bits per heavy atom. The van der Waals surface area contributed by atoms with Crippen LogP contribution in [0.3, 0.4) is 0 Å². The summed E-state index contributed by atoms with van der Waals surface area (Å²) in [4.78, 5) is 4.86. The molecule has 330 valence electrons. The summed E-state index contributed by atoms with van der Waals surface area (Å²) in [5.41, 5.74) is 15.1. The Kier molecular flexibility index (Phi) is 10.1. The molecule has 66 heavy (non-hydrogen) atoms. The van der Waals surface area contributed by atoms with Crippen molar-refractivity contribution in [1.29, 1.82) is 0 Å². The van der Waals surface area contributed by atoms with E-state index in [1.165, 1.54) is 44.3 Å². The molecule has 0 bridgehead atoms. The van der Waals surface area contributed by atoms with E-state index in [0.717, 1.165) is 61.3 Å². The van der Waals surface area contributed by atoms with Crippen LogP contribution in [0.1, 0.15) is 78.0 Å². The van der Waals surface area contributed by atoms with E-state index < -0.39 is 0 Å². The first-order chi connectivity index (χ1) is 31.8. The van der Waals surface area contributed by atoms with E-state index in [4.69, 9.17) is 9.72 Å². The fraction of sp³-hybridized carbons (Fsp3) is 0.200. The van der Waals surface area contributed by atoms with E-state index in [2.05, 4.69) is 227 Å². The van der Waals surface area contributed by atoms with Crippen LogP contribution in [-0.2, 0) is 35.6 Å². The quantitative estimate of drug-likeness (QED) is 0.149. The van der Waals surface area contributed by atoms with Gasteiger partial charge in [-0.05, 0) is 40.9 Å². The SMILES string of the molecule is CC(C)(C)c1cc(-c2ccccc2)c(-n2[c](=[Pt])n(-c3[c-]c(Oc4[c-]c5c(cc4)c4cc6c(cc4n5-c4ccccn4)C(C)(C)CCC6(C)C)ccc3)c3ccccc32)c(-c2ccccc2)c1. The summed E-state index contributed by atoms with van der Waals surface area (Å²) in [7, 11) is 0. The molecular formula is C60H52N4OPt-2. The summed E-state index contributed by atoms with van der Waals surface area (Å²) in [6.45, 7) is 16.4. The number of imidazole rings is 1. The number of aromatic nitrogens is 4. The zero-order valence-corrected chi connectivity index (χ0v) is 40.8. The fourth-order valence-electron chi connectivity index (χ4n) is 10.0. The van der Waals surface area contributed by atoms with E-state index in [0.29, 0.717) is 11.5 Å². The number of fused-ring (bicyclic) bond motifs is 5. The van der Waals surface area contributed by atoms with Crippen molar-refractivity contribution < 1.29 is 24.1 Å². The molecule has 11 rings (SSSR count). The van der Waals surface area contributed by atoms with Crippen LogP contribution >= 0.6 is 0 Å². The number of ether oxygens (including phenoxy) is 1. The molecule has 7 aromatic carbocycles. The molecule has 10 aromatic rings. The van der Waals surface area contributed by atoms with Crippen molar-refractivity contribution in [2.75, 3.05) is 0 Å². The van der Waals surface area contributed by atoms with Crippen molar-refractivity contribution in [3.63, 3.8) is 0 Å². The Labute approximate surface area is 398 Å². The molecule has 0 fully saturated rings. The molecule has 0 aliphatic heterocycles. The maximum absolute atomic E-state index is 6.78. The second kappa shape index (κ2) is 15.8. The number of benzene rings is 7. The van der Waals surface area contributed by atoms with Crippen molar-refractivity contribution >= 4 is 32.8 Å². The molecule has 0 spiro atoms. The van der Waals surface area contributed by atoms with Gasteiger partial charge >= 0.3 is 320 Å². The molecular weight excluding hydrogens is 988 g/mol. The average Bonchev–Trinajstić information content (AvgIpc) is 3.80. The summed E-state index contributed by atoms with van der Waals surface area (Å²) < 4.78 is 14.8. The number of para-hydroxylation sites is 2. The van der Waals surface area contributed by atoms with Crippen LogP contribution in [0.15, 0.2) is 164 Å². The maximum atomic E-state index is 6.78. The fourth-order valence-corrected chi connectivity index (χ4v) is 11.1. The Bertz CT molecular complexity index is 3490. The van der Waals surface area contributed by atoms with Gasteiger partial charge in [0.25, 0.3) is 0 Å². The van der Waals surface area contributed by atoms with Gasteiger partial charge in [-0.3, -0.25) is 0 Å². The van der Waals surface area contributed by atoms with E-state index in [-0.39, 0.29) is 16.2 Å². The number of hydrogen-bond acceptors (Lipinski definition) is 2. The van der Waals surface area contributed by atoms with E-state index in [9.17, 15) is 0 Å². The number of rotatable bonds is 7. The molecule has 0 N–H and O–H groups in total. The summed E-state index contributed by atoms with van der Waals surface area (Å²) in [6, 6.07) is 63.8. The molecule has 0 atom stereocenters. The third-order valence-electron chi connectivity index (χ3n) is 13.8. The molecule has 1 aliphatic carbocycles. The summed E-state index contributed by atoms with van der Waals surface area (Å²) in [5.74, 6) is 2.07. The Hall–Kier alpha value is -6.55. The summed E-state index contributed by atoms with van der Waals surface area (Å²) in [6.07, 6.45) is 4.16. The van der Waals surface area contributed by atoms with Gasteiger partial charge in [-0.25, -0.2) is 0 Å². The molecule has 0 saturated carbocycles. The zero-order valence-electron chi connectivity index (χ0n) is 38.5. The van der Waals surface area contributed by atoms with E-state index in [1.54, 1.807) is 0 Å². The van der Waals surface area contributed by atoms with Gasteiger partial charge in [0.05, 0.1) is 0 Å². The molecule has 1 aliphatic rings. The topological polar surface area (TPSA) is 36.9 Å². The molecule has 0 amide bonds. The van der Waals surface area contributed by atoms with Crippen LogP contribution in [0.25, 0.3) is 72.3 Å². The van der Waals surface area contributed by atoms with Crippen LogP contribution in [0, 0.1) is 15.9 Å². The molecule has 0 saturated heterocycles. The van der Waals surface area contributed by atoms with Gasteiger partial charge in [0.15, 0.2) is 0 Å². The van der Waals surface area contributed by atoms with Crippen LogP contribution in [0.2, 0.25) is 0 Å². The van der Waals surface area contributed by atoms with Crippen molar-refractivity contribution in [2.45, 2.75) is 77.6 Å². The summed E-state index contributed by atoms with van der Waals surface area (Å²) in [5, 5.41) is 2.33. The molecule has 3 aromatic heterocycles. The van der Waals surface area contributed by atoms with Gasteiger partial charge in [-0.2, -0.15) is 0 Å². The first-order valence-electron chi connectivity index (χ1n) is 22.9. The monoisotopic (exact) mass is 1040 g/mol. The van der Waals surface area contributed by atoms with E-state index in [1.807, 2.05) is 30.5 Å². The molecule has 0 radical (unpaired) electrons. The zero-order chi connectivity index (χ0) is 45.5. The minimum atomic E-state index is -0.0717. The third kappa shape index (κ3) is 7.11. The molecule has 6 heteroatoms. The van der Waals surface area contributed by atoms with Crippen molar-refractivity contribution in [3.05, 3.63) is 197 Å². The Morgan fingerprint density at radius 1 is 0.561 bits per heavy atom. The predicted molar refractivity (Wildman–Crippen MR) is 267 cm³/mol. The molecule has 3 heterocycles. The summed E-state index contributed by atoms with van der Waals surface area (Å²) >= 11 is 2.50. The van der Waals surface area contributed by atoms with Crippen LogP contribution in [0.4, 0.5) is 0 Å². The average molecular weight is 1040 g/mol. The van der Waals surface area contributed by atoms with Gasteiger partial charge in [0.1, 0.15) is 0 Å². The second-order valence-corrected chi connectivity index (χ2v) is 21.1. The van der Waals surface area contributed by atoms with Gasteiger partial charge in [-0.1, -0.05) is 33.8 Å². The number of hydrogen-bond donors (Lipinski definition) is 0. The normalized spacial score (nSPS) is 14.5. The van der Waals surface area contributed by atoms with Crippen LogP contribution in [-0.4, -0.2) is 18.7 Å². The Balaban J connectivity index is 1.07. The minimum absolute atomic E-state index is 0.0662. The van der Waals surface area contributed by atoms with Gasteiger partial charge in [0.2, 0.25) is 0 Å². The van der Waals surface area contributed by atoms with Crippen LogP contribution in [0.5, 0.6) is 11.5 Å². The first kappa shape index (κ1) is 42.1. The van der Waals surface area contributed by atoms with Crippen molar-refractivity contribution in [3.8, 4) is 50.9 Å². The first-order valence-corrected chi connectivity index (χ1v) is 24.1.